The van der Waals surface area contributed by atoms with E-state index in [2.05, 4.69) is 9.89 Å². The van der Waals surface area contributed by atoms with Gasteiger partial charge in [0.1, 0.15) is 0 Å². The minimum atomic E-state index is 0. The van der Waals surface area contributed by atoms with Crippen molar-refractivity contribution in [1.29, 1.82) is 0 Å². The smallest absolute Gasteiger partial charge is 0.191 e. The Balaban J connectivity index is 0.00000242. The number of thioether (sulfide) groups is 1. The van der Waals surface area contributed by atoms with Crippen molar-refractivity contribution in [3.8, 4) is 0 Å². The third-order valence-electron chi connectivity index (χ3n) is 3.12. The average molecular weight is 476 g/mol. The van der Waals surface area contributed by atoms with Gasteiger partial charge in [-0.3, -0.25) is 4.99 Å². The van der Waals surface area contributed by atoms with Gasteiger partial charge >= 0.3 is 0 Å². The van der Waals surface area contributed by atoms with E-state index >= 15 is 0 Å². The molecule has 0 saturated carbocycles. The van der Waals surface area contributed by atoms with E-state index in [1.54, 1.807) is 17.8 Å². The number of rotatable bonds is 5. The molecule has 8 heteroatoms. The van der Waals surface area contributed by atoms with Crippen LogP contribution in [0.3, 0.4) is 0 Å². The molecule has 0 atom stereocenters. The summed E-state index contributed by atoms with van der Waals surface area (Å²) in [5.74, 6) is 2.37. The van der Waals surface area contributed by atoms with E-state index in [1.165, 1.54) is 0 Å². The van der Waals surface area contributed by atoms with Gasteiger partial charge in [0.15, 0.2) is 5.96 Å². The molecule has 0 unspecified atom stereocenters. The predicted octanol–water partition coefficient (Wildman–Crippen LogP) is 3.49. The SMILES string of the molecule is I.NC(=NCCSCc1ccc(Cl)cc1Cl)N1CCOCC1. The quantitative estimate of drug-likeness (QED) is 0.306. The van der Waals surface area contributed by atoms with E-state index in [-0.39, 0.29) is 24.0 Å². The van der Waals surface area contributed by atoms with Crippen LogP contribution in [0.15, 0.2) is 23.2 Å². The fraction of sp³-hybridized carbons (Fsp3) is 0.500. The second kappa shape index (κ2) is 10.8. The van der Waals surface area contributed by atoms with E-state index in [0.29, 0.717) is 22.5 Å². The molecule has 1 heterocycles. The fourth-order valence-corrected chi connectivity index (χ4v) is 3.33. The molecule has 22 heavy (non-hydrogen) atoms. The third kappa shape index (κ3) is 6.70. The highest BCUT2D eigenvalue weighted by Gasteiger charge is 2.11. The lowest BCUT2D eigenvalue weighted by molar-refractivity contribution is 0.0674. The van der Waals surface area contributed by atoms with Gasteiger partial charge in [0.2, 0.25) is 0 Å². The number of ether oxygens (including phenoxy) is 1. The molecule has 2 rings (SSSR count). The Morgan fingerprint density at radius 3 is 2.73 bits per heavy atom. The molecular weight excluding hydrogens is 456 g/mol. The zero-order valence-electron chi connectivity index (χ0n) is 12.1. The molecule has 0 radical (unpaired) electrons. The Bertz CT molecular complexity index is 499. The highest BCUT2D eigenvalue weighted by molar-refractivity contribution is 14.0. The first kappa shape index (κ1) is 20.2. The Morgan fingerprint density at radius 2 is 2.05 bits per heavy atom. The van der Waals surface area contributed by atoms with Crippen molar-refractivity contribution in [1.82, 2.24) is 4.90 Å². The van der Waals surface area contributed by atoms with Crippen molar-refractivity contribution < 1.29 is 4.74 Å². The maximum absolute atomic E-state index is 6.13. The van der Waals surface area contributed by atoms with Crippen LogP contribution in [0.5, 0.6) is 0 Å². The van der Waals surface area contributed by atoms with Crippen LogP contribution in [0.25, 0.3) is 0 Å². The van der Waals surface area contributed by atoms with Crippen molar-refractivity contribution in [3.05, 3.63) is 33.8 Å². The molecule has 0 aliphatic carbocycles. The normalized spacial score (nSPS) is 15.5. The summed E-state index contributed by atoms with van der Waals surface area (Å²) in [4.78, 5) is 6.47. The van der Waals surface area contributed by atoms with Gasteiger partial charge in [0, 0.05) is 34.6 Å². The van der Waals surface area contributed by atoms with Crippen LogP contribution in [0.1, 0.15) is 5.56 Å². The third-order valence-corrected chi connectivity index (χ3v) is 4.69. The van der Waals surface area contributed by atoms with Crippen LogP contribution in [0.4, 0.5) is 0 Å². The predicted molar refractivity (Wildman–Crippen MR) is 107 cm³/mol. The highest BCUT2D eigenvalue weighted by atomic mass is 127. The van der Waals surface area contributed by atoms with E-state index in [4.69, 9.17) is 33.7 Å². The Hall–Kier alpha value is 0.110. The van der Waals surface area contributed by atoms with E-state index in [9.17, 15) is 0 Å². The van der Waals surface area contributed by atoms with Crippen LogP contribution in [-0.2, 0) is 10.5 Å². The molecule has 4 nitrogen and oxygen atoms in total. The summed E-state index contributed by atoms with van der Waals surface area (Å²) in [6, 6.07) is 5.59. The van der Waals surface area contributed by atoms with E-state index in [0.717, 1.165) is 43.4 Å². The number of morpholine rings is 1. The zero-order chi connectivity index (χ0) is 15.1. The maximum atomic E-state index is 6.13. The van der Waals surface area contributed by atoms with Gasteiger partial charge in [-0.05, 0) is 17.7 Å². The highest BCUT2D eigenvalue weighted by Crippen LogP contribution is 2.24. The number of benzene rings is 1. The molecule has 124 valence electrons. The second-order valence-electron chi connectivity index (χ2n) is 4.63. The summed E-state index contributed by atoms with van der Waals surface area (Å²) in [6.07, 6.45) is 0. The summed E-state index contributed by atoms with van der Waals surface area (Å²) in [5.41, 5.74) is 7.05. The Morgan fingerprint density at radius 1 is 1.32 bits per heavy atom. The number of guanidine groups is 1. The summed E-state index contributed by atoms with van der Waals surface area (Å²) >= 11 is 13.8. The number of halogens is 3. The van der Waals surface area contributed by atoms with Gasteiger partial charge in [-0.15, -0.1) is 24.0 Å². The van der Waals surface area contributed by atoms with Crippen LogP contribution >= 0.6 is 58.9 Å². The lowest BCUT2D eigenvalue weighted by Gasteiger charge is -2.27. The number of nitrogens with two attached hydrogens (primary N) is 1. The van der Waals surface area contributed by atoms with Crippen LogP contribution in [0, 0.1) is 0 Å². The first-order chi connectivity index (χ1) is 10.2. The van der Waals surface area contributed by atoms with Crippen molar-refractivity contribution in [2.45, 2.75) is 5.75 Å². The standard InChI is InChI=1S/C14H19Cl2N3OS.HI/c15-12-2-1-11(13(16)9-12)10-21-8-3-18-14(17)19-4-6-20-7-5-19;/h1-2,9H,3-8,10H2,(H2,17,18);1H. The molecule has 0 spiro atoms. The Labute approximate surface area is 162 Å². The largest absolute Gasteiger partial charge is 0.378 e. The topological polar surface area (TPSA) is 50.8 Å². The van der Waals surface area contributed by atoms with Gasteiger partial charge in [0.25, 0.3) is 0 Å². The van der Waals surface area contributed by atoms with Crippen molar-refractivity contribution in [2.75, 3.05) is 38.6 Å². The molecule has 2 N–H and O–H groups in total. The molecule has 1 aromatic carbocycles. The van der Waals surface area contributed by atoms with Gasteiger partial charge in [0.05, 0.1) is 19.8 Å². The molecule has 1 aromatic rings. The first-order valence-electron chi connectivity index (χ1n) is 6.81. The minimum Gasteiger partial charge on any atom is -0.378 e. The van der Waals surface area contributed by atoms with Crippen molar-refractivity contribution >= 4 is 64.9 Å². The number of hydrogen-bond acceptors (Lipinski definition) is 3. The number of aliphatic imine (C=N–C) groups is 1. The number of hydrogen-bond donors (Lipinski definition) is 1. The molecule has 1 aliphatic rings. The van der Waals surface area contributed by atoms with Gasteiger partial charge in [-0.2, -0.15) is 11.8 Å². The molecule has 0 bridgehead atoms. The maximum Gasteiger partial charge on any atom is 0.191 e. The van der Waals surface area contributed by atoms with Gasteiger partial charge in [-0.25, -0.2) is 0 Å². The summed E-state index contributed by atoms with van der Waals surface area (Å²) in [6.45, 7) is 3.80. The Kier molecular flexibility index (Phi) is 9.90. The molecule has 1 fully saturated rings. The lowest BCUT2D eigenvalue weighted by atomic mass is 10.2. The fourth-order valence-electron chi connectivity index (χ4n) is 1.94. The van der Waals surface area contributed by atoms with E-state index < -0.39 is 0 Å². The van der Waals surface area contributed by atoms with Crippen molar-refractivity contribution in [3.63, 3.8) is 0 Å². The lowest BCUT2D eigenvalue weighted by Crippen LogP contribution is -2.44. The molecular formula is C14H20Cl2IN3OS. The zero-order valence-corrected chi connectivity index (χ0v) is 16.8. The molecule has 1 aliphatic heterocycles. The average Bonchev–Trinajstić information content (AvgIpc) is 2.49. The van der Waals surface area contributed by atoms with Crippen LogP contribution in [-0.4, -0.2) is 49.5 Å². The van der Waals surface area contributed by atoms with Crippen molar-refractivity contribution in [2.24, 2.45) is 10.7 Å². The molecule has 1 saturated heterocycles. The van der Waals surface area contributed by atoms with Gasteiger partial charge < -0.3 is 15.4 Å². The van der Waals surface area contributed by atoms with Crippen LogP contribution < -0.4 is 5.73 Å². The minimum absolute atomic E-state index is 0. The molecule has 0 aromatic heterocycles. The molecule has 0 amide bonds. The first-order valence-corrected chi connectivity index (χ1v) is 8.72. The van der Waals surface area contributed by atoms with E-state index in [1.807, 2.05) is 12.1 Å². The summed E-state index contributed by atoms with van der Waals surface area (Å²) in [7, 11) is 0. The summed E-state index contributed by atoms with van der Waals surface area (Å²) < 4.78 is 5.28. The second-order valence-corrected chi connectivity index (χ2v) is 6.58. The number of nitrogens with zero attached hydrogens (tertiary/aromatic N) is 2. The van der Waals surface area contributed by atoms with Gasteiger partial charge in [-0.1, -0.05) is 29.3 Å². The van der Waals surface area contributed by atoms with Crippen LogP contribution in [0.2, 0.25) is 10.0 Å². The monoisotopic (exact) mass is 475 g/mol. The summed E-state index contributed by atoms with van der Waals surface area (Å²) in [5, 5.41) is 1.38.